The summed E-state index contributed by atoms with van der Waals surface area (Å²) in [6, 6.07) is 5.44. The first kappa shape index (κ1) is 23.3. The van der Waals surface area contributed by atoms with Crippen LogP contribution >= 0.6 is 0 Å². The molecule has 4 aromatic rings. The Balaban J connectivity index is 1.38. The molecule has 0 aromatic carbocycles. The van der Waals surface area contributed by atoms with Gasteiger partial charge in [0.2, 0.25) is 0 Å². The zero-order valence-corrected chi connectivity index (χ0v) is 19.7. The zero-order valence-electron chi connectivity index (χ0n) is 19.7. The van der Waals surface area contributed by atoms with Crippen molar-refractivity contribution in [3.63, 3.8) is 0 Å². The van der Waals surface area contributed by atoms with Crippen molar-refractivity contribution in [1.82, 2.24) is 34.7 Å². The van der Waals surface area contributed by atoms with Crippen molar-refractivity contribution in [2.75, 3.05) is 0 Å². The van der Waals surface area contributed by atoms with Gasteiger partial charge in [0.15, 0.2) is 11.3 Å². The van der Waals surface area contributed by atoms with Crippen molar-refractivity contribution in [3.05, 3.63) is 75.2 Å². The van der Waals surface area contributed by atoms with E-state index in [0.29, 0.717) is 17.3 Å². The van der Waals surface area contributed by atoms with Crippen molar-refractivity contribution in [2.45, 2.75) is 62.6 Å². The first-order valence-electron chi connectivity index (χ1n) is 12.0. The van der Waals surface area contributed by atoms with E-state index < -0.39 is 23.5 Å². The van der Waals surface area contributed by atoms with Gasteiger partial charge in [-0.1, -0.05) is 6.07 Å². The number of H-pyrrole nitrogens is 1. The second-order valence-corrected chi connectivity index (χ2v) is 9.61. The third-order valence-corrected chi connectivity index (χ3v) is 7.26. The average molecular weight is 506 g/mol. The fraction of sp³-hybridized carbons (Fsp3) is 0.400. The summed E-state index contributed by atoms with van der Waals surface area (Å²) in [5, 5.41) is 13.9. The molecule has 188 valence electrons. The first-order valence-corrected chi connectivity index (χ1v) is 12.0. The molecule has 3 atom stereocenters. The standard InChI is InChI=1S/C25H21F3N8O/c1-12(14-4-7-19(31-11-14)25(26,27)28)36-23-20(18(10-29)35-36)24(37)34-22(33-23)16-6-5-15(16)21-30-9-8-17(32-21)13-2-3-13/h4,7-9,11-13,15-16H,2-3,5-6H2,1H3,(H,33,34,37)/t12?,15-,16-/m1/s1. The molecule has 2 saturated carbocycles. The third-order valence-electron chi connectivity index (χ3n) is 7.26. The molecule has 1 unspecified atom stereocenters. The normalized spacial score (nSPS) is 20.4. The Bertz CT molecular complexity index is 1600. The van der Waals surface area contributed by atoms with Crippen LogP contribution in [0.4, 0.5) is 13.2 Å². The van der Waals surface area contributed by atoms with Crippen LogP contribution in [0.5, 0.6) is 0 Å². The number of rotatable bonds is 5. The monoisotopic (exact) mass is 506 g/mol. The lowest BCUT2D eigenvalue weighted by atomic mass is 9.72. The number of fused-ring (bicyclic) bond motifs is 1. The van der Waals surface area contributed by atoms with E-state index in [9.17, 15) is 23.2 Å². The molecule has 2 fully saturated rings. The molecule has 0 amide bonds. The Hall–Kier alpha value is -4.14. The number of nitriles is 1. The van der Waals surface area contributed by atoms with Gasteiger partial charge in [-0.05, 0) is 50.3 Å². The van der Waals surface area contributed by atoms with E-state index in [4.69, 9.17) is 9.97 Å². The van der Waals surface area contributed by atoms with Crippen molar-refractivity contribution in [1.29, 1.82) is 5.26 Å². The van der Waals surface area contributed by atoms with Gasteiger partial charge in [0, 0.05) is 35.8 Å². The lowest BCUT2D eigenvalue weighted by Gasteiger charge is -2.34. The molecule has 6 rings (SSSR count). The number of hydrogen-bond acceptors (Lipinski definition) is 7. The van der Waals surface area contributed by atoms with Crippen LogP contribution in [0.2, 0.25) is 0 Å². The molecule has 0 radical (unpaired) electrons. The summed E-state index contributed by atoms with van der Waals surface area (Å²) >= 11 is 0. The topological polar surface area (TPSA) is 126 Å². The van der Waals surface area contributed by atoms with E-state index in [2.05, 4.69) is 20.1 Å². The van der Waals surface area contributed by atoms with E-state index in [1.807, 2.05) is 12.1 Å². The highest BCUT2D eigenvalue weighted by molar-refractivity contribution is 5.80. The van der Waals surface area contributed by atoms with Gasteiger partial charge in [-0.2, -0.15) is 23.5 Å². The molecule has 1 N–H and O–H groups in total. The summed E-state index contributed by atoms with van der Waals surface area (Å²) in [6.07, 6.45) is 2.25. The predicted molar refractivity (Wildman–Crippen MR) is 125 cm³/mol. The van der Waals surface area contributed by atoms with E-state index in [-0.39, 0.29) is 28.6 Å². The Morgan fingerprint density at radius 3 is 2.51 bits per heavy atom. The van der Waals surface area contributed by atoms with Gasteiger partial charge >= 0.3 is 6.18 Å². The van der Waals surface area contributed by atoms with E-state index in [1.54, 1.807) is 13.1 Å². The molecular formula is C25H21F3N8O. The quantitative estimate of drug-likeness (QED) is 0.427. The number of halogens is 3. The van der Waals surface area contributed by atoms with Gasteiger partial charge in [-0.15, -0.1) is 0 Å². The Kier molecular flexibility index (Phi) is 5.33. The molecule has 2 aliphatic carbocycles. The number of pyridine rings is 1. The molecule has 2 aliphatic rings. The Labute approximate surface area is 208 Å². The largest absolute Gasteiger partial charge is 0.433 e. The fourth-order valence-electron chi connectivity index (χ4n) is 4.86. The van der Waals surface area contributed by atoms with Crippen LogP contribution < -0.4 is 5.56 Å². The first-order chi connectivity index (χ1) is 17.7. The van der Waals surface area contributed by atoms with Gasteiger partial charge in [0.25, 0.3) is 5.56 Å². The average Bonchev–Trinajstić information content (AvgIpc) is 3.64. The molecule has 0 spiro atoms. The molecule has 12 heteroatoms. The van der Waals surface area contributed by atoms with E-state index >= 15 is 0 Å². The summed E-state index contributed by atoms with van der Waals surface area (Å²) < 4.78 is 40.2. The third kappa shape index (κ3) is 4.04. The number of hydrogen-bond donors (Lipinski definition) is 1. The summed E-state index contributed by atoms with van der Waals surface area (Å²) in [5.41, 5.74) is 0.0698. The van der Waals surface area contributed by atoms with E-state index in [0.717, 1.165) is 49.5 Å². The molecule has 9 nitrogen and oxygen atoms in total. The lowest BCUT2D eigenvalue weighted by molar-refractivity contribution is -0.141. The van der Waals surface area contributed by atoms with Crippen LogP contribution in [0, 0.1) is 11.3 Å². The number of nitrogens with zero attached hydrogens (tertiary/aromatic N) is 7. The van der Waals surface area contributed by atoms with E-state index in [1.165, 1.54) is 10.7 Å². The van der Waals surface area contributed by atoms with Gasteiger partial charge < -0.3 is 4.98 Å². The fourth-order valence-corrected chi connectivity index (χ4v) is 4.86. The second-order valence-electron chi connectivity index (χ2n) is 9.61. The van der Waals surface area contributed by atoms with Gasteiger partial charge in [-0.25, -0.2) is 19.6 Å². The van der Waals surface area contributed by atoms with Crippen LogP contribution in [0.1, 0.15) is 90.7 Å². The number of alkyl halides is 3. The minimum atomic E-state index is -4.56. The maximum atomic E-state index is 13.1. The SMILES string of the molecule is CC(c1ccc(C(F)(F)F)nc1)n1nc(C#N)c2c(=O)[nH]c([C@@H]3CC[C@H]3c3nccc(C4CC4)n3)nc21. The van der Waals surface area contributed by atoms with Crippen molar-refractivity contribution in [2.24, 2.45) is 0 Å². The highest BCUT2D eigenvalue weighted by Crippen LogP contribution is 2.47. The van der Waals surface area contributed by atoms with Gasteiger partial charge in [0.1, 0.15) is 28.8 Å². The number of aromatic nitrogens is 7. The smallest absolute Gasteiger partial charge is 0.310 e. The molecule has 0 saturated heterocycles. The second kappa shape index (κ2) is 8.47. The molecule has 0 bridgehead atoms. The molecule has 4 aromatic heterocycles. The maximum absolute atomic E-state index is 13.1. The predicted octanol–water partition coefficient (Wildman–Crippen LogP) is 4.34. The van der Waals surface area contributed by atoms with Crippen LogP contribution in [0.25, 0.3) is 11.0 Å². The van der Waals surface area contributed by atoms with Crippen LogP contribution in [-0.2, 0) is 6.18 Å². The summed E-state index contributed by atoms with van der Waals surface area (Å²) in [6.45, 7) is 1.70. The van der Waals surface area contributed by atoms with Gasteiger partial charge in [0.05, 0.1) is 6.04 Å². The zero-order chi connectivity index (χ0) is 25.9. The summed E-state index contributed by atoms with van der Waals surface area (Å²) in [4.78, 5) is 33.4. The number of aromatic amines is 1. The molecule has 37 heavy (non-hydrogen) atoms. The van der Waals surface area contributed by atoms with Crippen molar-refractivity contribution in [3.8, 4) is 6.07 Å². The Morgan fingerprint density at radius 1 is 1.11 bits per heavy atom. The molecule has 0 aliphatic heterocycles. The Morgan fingerprint density at radius 2 is 1.89 bits per heavy atom. The van der Waals surface area contributed by atoms with Crippen LogP contribution in [-0.4, -0.2) is 34.7 Å². The summed E-state index contributed by atoms with van der Waals surface area (Å²) in [5.74, 6) is 1.58. The molecular weight excluding hydrogens is 485 g/mol. The van der Waals surface area contributed by atoms with Crippen molar-refractivity contribution < 1.29 is 13.2 Å². The highest BCUT2D eigenvalue weighted by atomic mass is 19.4. The molecule has 4 heterocycles. The minimum absolute atomic E-state index is 0.00245. The van der Waals surface area contributed by atoms with Crippen LogP contribution in [0.15, 0.2) is 35.4 Å². The minimum Gasteiger partial charge on any atom is -0.310 e. The lowest BCUT2D eigenvalue weighted by Crippen LogP contribution is -2.28. The van der Waals surface area contributed by atoms with Crippen LogP contribution in [0.3, 0.4) is 0 Å². The summed E-state index contributed by atoms with van der Waals surface area (Å²) in [7, 11) is 0. The highest BCUT2D eigenvalue weighted by Gasteiger charge is 2.39. The maximum Gasteiger partial charge on any atom is 0.433 e. The van der Waals surface area contributed by atoms with Crippen molar-refractivity contribution >= 4 is 11.0 Å². The van der Waals surface area contributed by atoms with Gasteiger partial charge in [-0.3, -0.25) is 9.78 Å². The number of nitrogens with one attached hydrogen (secondary N) is 1.